The first kappa shape index (κ1) is 22.1. The zero-order valence-corrected chi connectivity index (χ0v) is 19.0. The van der Waals surface area contributed by atoms with E-state index in [2.05, 4.69) is 45.0 Å². The lowest BCUT2D eigenvalue weighted by Crippen LogP contribution is -2.48. The molecule has 0 radical (unpaired) electrons. The summed E-state index contributed by atoms with van der Waals surface area (Å²) in [4.78, 5) is 22.1. The van der Waals surface area contributed by atoms with Gasteiger partial charge in [-0.1, -0.05) is 13.0 Å². The third-order valence-corrected chi connectivity index (χ3v) is 7.13. The zero-order valence-electron chi connectivity index (χ0n) is 18.2. The van der Waals surface area contributed by atoms with E-state index in [0.717, 1.165) is 37.3 Å². The van der Waals surface area contributed by atoms with Crippen molar-refractivity contribution in [1.82, 2.24) is 20.4 Å². The van der Waals surface area contributed by atoms with E-state index in [1.807, 2.05) is 0 Å². The van der Waals surface area contributed by atoms with Crippen molar-refractivity contribution in [1.29, 1.82) is 0 Å². The van der Waals surface area contributed by atoms with E-state index in [1.54, 1.807) is 30.3 Å². The molecule has 7 heteroatoms. The van der Waals surface area contributed by atoms with Gasteiger partial charge in [-0.15, -0.1) is 11.3 Å². The minimum Gasteiger partial charge on any atom is -0.354 e. The number of piperidine rings is 1. The van der Waals surface area contributed by atoms with Crippen LogP contribution < -0.4 is 10.6 Å². The summed E-state index contributed by atoms with van der Waals surface area (Å²) in [5.41, 5.74) is 0. The van der Waals surface area contributed by atoms with Crippen LogP contribution in [-0.4, -0.2) is 67.5 Å². The number of aliphatic imine (C=N–C) groups is 1. The number of carbonyl (C=O) groups is 1. The molecule has 2 heterocycles. The predicted molar refractivity (Wildman–Crippen MR) is 121 cm³/mol. The van der Waals surface area contributed by atoms with Crippen LogP contribution in [0, 0.1) is 5.92 Å². The Bertz CT molecular complexity index is 644. The summed E-state index contributed by atoms with van der Waals surface area (Å²) < 4.78 is 0. The van der Waals surface area contributed by atoms with Gasteiger partial charge in [0.05, 0.1) is 6.54 Å². The first-order valence-electron chi connectivity index (χ1n) is 11.0. The van der Waals surface area contributed by atoms with Crippen molar-refractivity contribution in [3.05, 3.63) is 22.4 Å². The SMILES string of the molecule is CC1CCN(C2CCC(NC(=NCC(=O)N(C)C)NCc3cccs3)CC2)CC1. The maximum atomic E-state index is 12.0. The molecule has 3 rings (SSSR count). The van der Waals surface area contributed by atoms with Crippen LogP contribution in [0.15, 0.2) is 22.5 Å². The molecular weight excluding hydrogens is 382 g/mol. The van der Waals surface area contributed by atoms with Crippen LogP contribution in [0.2, 0.25) is 0 Å². The van der Waals surface area contributed by atoms with Crippen LogP contribution in [0.5, 0.6) is 0 Å². The van der Waals surface area contributed by atoms with E-state index in [4.69, 9.17) is 0 Å². The quantitative estimate of drug-likeness (QED) is 0.550. The predicted octanol–water partition coefficient (Wildman–Crippen LogP) is 2.91. The number of likely N-dealkylation sites (N-methyl/N-ethyl adjacent to an activating group) is 1. The first-order chi connectivity index (χ1) is 14.0. The highest BCUT2D eigenvalue weighted by Gasteiger charge is 2.28. The smallest absolute Gasteiger partial charge is 0.243 e. The molecule has 1 saturated heterocycles. The molecule has 6 nitrogen and oxygen atoms in total. The molecule has 0 aromatic carbocycles. The number of thiophene rings is 1. The summed E-state index contributed by atoms with van der Waals surface area (Å²) in [6, 6.07) is 5.35. The average Bonchev–Trinajstić information content (AvgIpc) is 3.24. The Morgan fingerprint density at radius 1 is 1.21 bits per heavy atom. The van der Waals surface area contributed by atoms with E-state index in [-0.39, 0.29) is 12.5 Å². The zero-order chi connectivity index (χ0) is 20.6. The van der Waals surface area contributed by atoms with Crippen molar-refractivity contribution in [2.24, 2.45) is 10.9 Å². The van der Waals surface area contributed by atoms with Gasteiger partial charge in [-0.3, -0.25) is 4.79 Å². The van der Waals surface area contributed by atoms with Crippen LogP contribution in [0.1, 0.15) is 50.3 Å². The highest BCUT2D eigenvalue weighted by atomic mass is 32.1. The number of hydrogen-bond acceptors (Lipinski definition) is 4. The van der Waals surface area contributed by atoms with Crippen molar-refractivity contribution in [2.45, 2.75) is 64.1 Å². The van der Waals surface area contributed by atoms with Gasteiger partial charge in [0.15, 0.2) is 5.96 Å². The molecule has 0 spiro atoms. The molecule has 162 valence electrons. The summed E-state index contributed by atoms with van der Waals surface area (Å²) >= 11 is 1.73. The first-order valence-corrected chi connectivity index (χ1v) is 11.9. The second kappa shape index (κ2) is 11.0. The number of guanidine groups is 1. The standard InChI is InChI=1S/C22H37N5OS/c1-17-10-12-27(13-11-17)19-8-6-18(7-9-19)25-22(24-16-21(28)26(2)3)23-15-20-5-4-14-29-20/h4-5,14,17-19H,6-13,15-16H2,1-3H3,(H2,23,24,25). The minimum absolute atomic E-state index is 0.0188. The van der Waals surface area contributed by atoms with Crippen LogP contribution >= 0.6 is 11.3 Å². The van der Waals surface area contributed by atoms with Gasteiger partial charge in [-0.25, -0.2) is 4.99 Å². The highest BCUT2D eigenvalue weighted by Crippen LogP contribution is 2.27. The van der Waals surface area contributed by atoms with Crippen LogP contribution in [0.25, 0.3) is 0 Å². The molecule has 1 saturated carbocycles. The lowest BCUT2D eigenvalue weighted by molar-refractivity contribution is -0.127. The number of amides is 1. The number of nitrogens with zero attached hydrogens (tertiary/aromatic N) is 3. The summed E-state index contributed by atoms with van der Waals surface area (Å²) in [6.07, 6.45) is 7.53. The second-order valence-corrected chi connectivity index (χ2v) is 9.79. The van der Waals surface area contributed by atoms with Crippen molar-refractivity contribution in [3.63, 3.8) is 0 Å². The number of hydrogen-bond donors (Lipinski definition) is 2. The second-order valence-electron chi connectivity index (χ2n) is 8.75. The van der Waals surface area contributed by atoms with E-state index in [0.29, 0.717) is 6.04 Å². The molecule has 1 aromatic heterocycles. The summed E-state index contributed by atoms with van der Waals surface area (Å²) in [5.74, 6) is 1.66. The lowest BCUT2D eigenvalue weighted by Gasteiger charge is -2.40. The fourth-order valence-electron chi connectivity index (χ4n) is 4.20. The Kier molecular flexibility index (Phi) is 8.36. The number of rotatable bonds is 6. The molecule has 0 atom stereocenters. The van der Waals surface area contributed by atoms with Crippen molar-refractivity contribution in [2.75, 3.05) is 33.7 Å². The summed E-state index contributed by atoms with van der Waals surface area (Å²) in [7, 11) is 3.54. The maximum Gasteiger partial charge on any atom is 0.243 e. The molecule has 0 bridgehead atoms. The number of carbonyl (C=O) groups excluding carboxylic acids is 1. The lowest BCUT2D eigenvalue weighted by atomic mass is 9.88. The van der Waals surface area contributed by atoms with Crippen LogP contribution in [0.4, 0.5) is 0 Å². The van der Waals surface area contributed by atoms with Crippen molar-refractivity contribution in [3.8, 4) is 0 Å². The molecule has 1 aromatic rings. The Morgan fingerprint density at radius 3 is 2.55 bits per heavy atom. The van der Waals surface area contributed by atoms with Gasteiger partial charge in [0.2, 0.25) is 5.91 Å². The number of nitrogens with one attached hydrogen (secondary N) is 2. The Hall–Kier alpha value is -1.60. The van der Waals surface area contributed by atoms with Gasteiger partial charge < -0.3 is 20.4 Å². The molecule has 2 N–H and O–H groups in total. The minimum atomic E-state index is 0.0188. The third-order valence-electron chi connectivity index (χ3n) is 6.25. The molecule has 0 unspecified atom stereocenters. The van der Waals surface area contributed by atoms with Gasteiger partial charge >= 0.3 is 0 Å². The molecule has 29 heavy (non-hydrogen) atoms. The van der Waals surface area contributed by atoms with Crippen LogP contribution in [-0.2, 0) is 11.3 Å². The molecule has 1 aliphatic heterocycles. The molecular formula is C22H37N5OS. The Labute approximate surface area is 179 Å². The normalized spacial score (nSPS) is 24.3. The molecule has 2 fully saturated rings. The fourth-order valence-corrected chi connectivity index (χ4v) is 4.84. The van der Waals surface area contributed by atoms with E-state index in [1.165, 1.54) is 43.6 Å². The average molecular weight is 420 g/mol. The van der Waals surface area contributed by atoms with Gasteiger partial charge in [-0.2, -0.15) is 0 Å². The Balaban J connectivity index is 1.50. The third kappa shape index (κ3) is 7.00. The van der Waals surface area contributed by atoms with Gasteiger partial charge in [0.25, 0.3) is 0 Å². The molecule has 1 aliphatic carbocycles. The molecule has 1 amide bonds. The van der Waals surface area contributed by atoms with Gasteiger partial charge in [0.1, 0.15) is 6.54 Å². The van der Waals surface area contributed by atoms with Gasteiger partial charge in [0, 0.05) is 31.1 Å². The van der Waals surface area contributed by atoms with E-state index >= 15 is 0 Å². The topological polar surface area (TPSA) is 60.0 Å². The highest BCUT2D eigenvalue weighted by molar-refractivity contribution is 7.09. The Morgan fingerprint density at radius 2 is 1.93 bits per heavy atom. The van der Waals surface area contributed by atoms with Crippen LogP contribution in [0.3, 0.4) is 0 Å². The summed E-state index contributed by atoms with van der Waals surface area (Å²) in [5, 5.41) is 9.09. The summed E-state index contributed by atoms with van der Waals surface area (Å²) in [6.45, 7) is 5.83. The monoisotopic (exact) mass is 419 g/mol. The van der Waals surface area contributed by atoms with E-state index < -0.39 is 0 Å². The molecule has 2 aliphatic rings. The van der Waals surface area contributed by atoms with Gasteiger partial charge in [-0.05, 0) is 69.0 Å². The largest absolute Gasteiger partial charge is 0.354 e. The maximum absolute atomic E-state index is 12.0. The number of likely N-dealkylation sites (tertiary alicyclic amines) is 1. The van der Waals surface area contributed by atoms with E-state index in [9.17, 15) is 4.79 Å². The van der Waals surface area contributed by atoms with Crippen molar-refractivity contribution < 1.29 is 4.79 Å². The fraction of sp³-hybridized carbons (Fsp3) is 0.727. The van der Waals surface area contributed by atoms with Crippen molar-refractivity contribution >= 4 is 23.2 Å².